The second-order valence-corrected chi connectivity index (χ2v) is 3.17. The molecule has 0 bridgehead atoms. The van der Waals surface area contributed by atoms with E-state index >= 15 is 0 Å². The fourth-order valence-electron chi connectivity index (χ4n) is 0.891. The number of aliphatic hydroxyl groups excluding tert-OH is 1. The molecular formula is C9H17F3O2. The number of alkyl halides is 3. The number of ether oxygens (including phenoxy) is 1. The highest BCUT2D eigenvalue weighted by Gasteiger charge is 2.37. The Morgan fingerprint density at radius 3 is 2.29 bits per heavy atom. The molecule has 2 nitrogen and oxygen atoms in total. The van der Waals surface area contributed by atoms with Crippen molar-refractivity contribution in [1.29, 1.82) is 0 Å². The summed E-state index contributed by atoms with van der Waals surface area (Å²) in [6.45, 7) is 2.88. The Labute approximate surface area is 82.1 Å². The van der Waals surface area contributed by atoms with E-state index in [2.05, 4.69) is 0 Å². The fraction of sp³-hybridized carbons (Fsp3) is 1.00. The first-order chi connectivity index (χ1) is 6.48. The van der Waals surface area contributed by atoms with Gasteiger partial charge in [-0.3, -0.25) is 0 Å². The molecule has 0 aliphatic rings. The minimum Gasteiger partial charge on any atom is -0.384 e. The molecule has 1 atom stereocenters. The number of hydrogen-bond acceptors (Lipinski definition) is 2. The monoisotopic (exact) mass is 214 g/mol. The maximum atomic E-state index is 11.8. The predicted octanol–water partition coefficient (Wildman–Crippen LogP) is 2.51. The average molecular weight is 214 g/mol. The van der Waals surface area contributed by atoms with Gasteiger partial charge in [0.05, 0.1) is 0 Å². The van der Waals surface area contributed by atoms with Crippen LogP contribution in [0.2, 0.25) is 0 Å². The molecule has 0 heterocycles. The van der Waals surface area contributed by atoms with Gasteiger partial charge in [0.15, 0.2) is 0 Å². The normalized spacial score (nSPS) is 14.4. The summed E-state index contributed by atoms with van der Waals surface area (Å²) in [6.07, 6.45) is -4.83. The standard InChI is InChI=1S/C9H17F3O2/c1-2-3-6-14-7-4-5-8(13)9(10,11)12/h8,13H,2-7H2,1H3. The molecule has 86 valence electrons. The minimum absolute atomic E-state index is 0.240. The highest BCUT2D eigenvalue weighted by Crippen LogP contribution is 2.22. The summed E-state index contributed by atoms with van der Waals surface area (Å²) in [4.78, 5) is 0. The Morgan fingerprint density at radius 2 is 1.79 bits per heavy atom. The predicted molar refractivity (Wildman–Crippen MR) is 47.0 cm³/mol. The Kier molecular flexibility index (Phi) is 6.92. The molecule has 0 saturated carbocycles. The summed E-state index contributed by atoms with van der Waals surface area (Å²) >= 11 is 0. The van der Waals surface area contributed by atoms with E-state index in [0.29, 0.717) is 6.61 Å². The average Bonchev–Trinajstić information content (AvgIpc) is 2.09. The van der Waals surface area contributed by atoms with Crippen LogP contribution in [0.25, 0.3) is 0 Å². The van der Waals surface area contributed by atoms with Crippen LogP contribution in [0.4, 0.5) is 13.2 Å². The number of rotatable bonds is 7. The molecule has 0 rings (SSSR count). The molecule has 14 heavy (non-hydrogen) atoms. The van der Waals surface area contributed by atoms with Gasteiger partial charge in [-0.1, -0.05) is 13.3 Å². The topological polar surface area (TPSA) is 29.5 Å². The second kappa shape index (κ2) is 7.06. The van der Waals surface area contributed by atoms with Crippen molar-refractivity contribution < 1.29 is 23.0 Å². The number of aliphatic hydroxyl groups is 1. The van der Waals surface area contributed by atoms with E-state index in [1.165, 1.54) is 0 Å². The molecule has 0 amide bonds. The van der Waals surface area contributed by atoms with Gasteiger partial charge in [0, 0.05) is 13.2 Å². The smallest absolute Gasteiger partial charge is 0.384 e. The lowest BCUT2D eigenvalue weighted by Gasteiger charge is -2.13. The molecule has 0 radical (unpaired) electrons. The molecule has 1 N–H and O–H groups in total. The maximum absolute atomic E-state index is 11.8. The molecule has 0 aliphatic heterocycles. The molecule has 0 aromatic rings. The lowest BCUT2D eigenvalue weighted by Crippen LogP contribution is -2.28. The van der Waals surface area contributed by atoms with Crippen LogP contribution in [-0.4, -0.2) is 30.6 Å². The van der Waals surface area contributed by atoms with Crippen LogP contribution in [0, 0.1) is 0 Å². The molecular weight excluding hydrogens is 197 g/mol. The van der Waals surface area contributed by atoms with Crippen LogP contribution in [0.5, 0.6) is 0 Å². The van der Waals surface area contributed by atoms with E-state index in [4.69, 9.17) is 9.84 Å². The van der Waals surface area contributed by atoms with E-state index in [-0.39, 0.29) is 19.4 Å². The summed E-state index contributed by atoms with van der Waals surface area (Å²) in [5.41, 5.74) is 0. The van der Waals surface area contributed by atoms with E-state index in [0.717, 1.165) is 12.8 Å². The van der Waals surface area contributed by atoms with E-state index in [9.17, 15) is 13.2 Å². The van der Waals surface area contributed by atoms with Gasteiger partial charge >= 0.3 is 6.18 Å². The van der Waals surface area contributed by atoms with Gasteiger partial charge < -0.3 is 9.84 Å². The lowest BCUT2D eigenvalue weighted by atomic mass is 10.2. The zero-order valence-electron chi connectivity index (χ0n) is 8.31. The maximum Gasteiger partial charge on any atom is 0.414 e. The van der Waals surface area contributed by atoms with Gasteiger partial charge in [-0.2, -0.15) is 13.2 Å². The number of unbranched alkanes of at least 4 members (excludes halogenated alkanes) is 1. The first kappa shape index (κ1) is 13.7. The molecule has 0 aliphatic carbocycles. The van der Waals surface area contributed by atoms with Crippen molar-refractivity contribution in [3.63, 3.8) is 0 Å². The molecule has 1 unspecified atom stereocenters. The third-order valence-electron chi connectivity index (χ3n) is 1.79. The zero-order chi connectivity index (χ0) is 11.0. The van der Waals surface area contributed by atoms with Crippen molar-refractivity contribution in [2.45, 2.75) is 44.9 Å². The van der Waals surface area contributed by atoms with E-state index in [1.54, 1.807) is 0 Å². The van der Waals surface area contributed by atoms with Crippen molar-refractivity contribution in [3.8, 4) is 0 Å². The van der Waals surface area contributed by atoms with Crippen molar-refractivity contribution in [3.05, 3.63) is 0 Å². The summed E-state index contributed by atoms with van der Waals surface area (Å²) in [5, 5.41) is 8.61. The Bertz CT molecular complexity index is 137. The van der Waals surface area contributed by atoms with Crippen LogP contribution in [0.15, 0.2) is 0 Å². The van der Waals surface area contributed by atoms with E-state index < -0.39 is 12.3 Å². The van der Waals surface area contributed by atoms with Crippen molar-refractivity contribution in [1.82, 2.24) is 0 Å². The lowest BCUT2D eigenvalue weighted by molar-refractivity contribution is -0.206. The minimum atomic E-state index is -4.50. The third kappa shape index (κ3) is 7.15. The highest BCUT2D eigenvalue weighted by molar-refractivity contribution is 4.64. The van der Waals surface area contributed by atoms with Crippen LogP contribution in [0.3, 0.4) is 0 Å². The van der Waals surface area contributed by atoms with Crippen LogP contribution in [-0.2, 0) is 4.74 Å². The molecule has 0 saturated heterocycles. The highest BCUT2D eigenvalue weighted by atomic mass is 19.4. The first-order valence-electron chi connectivity index (χ1n) is 4.81. The molecule has 0 aromatic carbocycles. The molecule has 0 aromatic heterocycles. The summed E-state index contributed by atoms with van der Waals surface area (Å²) in [6, 6.07) is 0. The summed E-state index contributed by atoms with van der Waals surface area (Å²) in [7, 11) is 0. The van der Waals surface area contributed by atoms with Gasteiger partial charge in [-0.15, -0.1) is 0 Å². The second-order valence-electron chi connectivity index (χ2n) is 3.17. The first-order valence-corrected chi connectivity index (χ1v) is 4.81. The molecule has 0 spiro atoms. The third-order valence-corrected chi connectivity index (χ3v) is 1.79. The summed E-state index contributed by atoms with van der Waals surface area (Å²) in [5.74, 6) is 0. The molecule has 5 heteroatoms. The van der Waals surface area contributed by atoms with E-state index in [1.807, 2.05) is 6.92 Å². The SMILES string of the molecule is CCCCOCCCC(O)C(F)(F)F. The van der Waals surface area contributed by atoms with Gasteiger partial charge in [0.2, 0.25) is 0 Å². The van der Waals surface area contributed by atoms with Gasteiger partial charge in [-0.25, -0.2) is 0 Å². The van der Waals surface area contributed by atoms with Crippen LogP contribution < -0.4 is 0 Å². The van der Waals surface area contributed by atoms with Gasteiger partial charge in [0.1, 0.15) is 6.10 Å². The Hall–Kier alpha value is -0.290. The van der Waals surface area contributed by atoms with Crippen molar-refractivity contribution >= 4 is 0 Å². The Balaban J connectivity index is 3.28. The molecule has 0 fully saturated rings. The van der Waals surface area contributed by atoms with Crippen molar-refractivity contribution in [2.75, 3.05) is 13.2 Å². The van der Waals surface area contributed by atoms with Crippen molar-refractivity contribution in [2.24, 2.45) is 0 Å². The van der Waals surface area contributed by atoms with Crippen LogP contribution in [0.1, 0.15) is 32.6 Å². The van der Waals surface area contributed by atoms with Crippen LogP contribution >= 0.6 is 0 Å². The van der Waals surface area contributed by atoms with Gasteiger partial charge in [-0.05, 0) is 19.3 Å². The zero-order valence-corrected chi connectivity index (χ0v) is 8.31. The quantitative estimate of drug-likeness (QED) is 0.660. The fourth-order valence-corrected chi connectivity index (χ4v) is 0.891. The number of halogens is 3. The number of hydrogen-bond donors (Lipinski definition) is 1. The Morgan fingerprint density at radius 1 is 1.21 bits per heavy atom. The van der Waals surface area contributed by atoms with Gasteiger partial charge in [0.25, 0.3) is 0 Å². The summed E-state index contributed by atoms with van der Waals surface area (Å²) < 4.78 is 40.4. The largest absolute Gasteiger partial charge is 0.414 e.